The lowest BCUT2D eigenvalue weighted by molar-refractivity contribution is -0.140. The van der Waals surface area contributed by atoms with E-state index in [0.29, 0.717) is 25.6 Å². The topological polar surface area (TPSA) is 79.1 Å². The van der Waals surface area contributed by atoms with Crippen molar-refractivity contribution in [2.24, 2.45) is 4.99 Å². The van der Waals surface area contributed by atoms with Gasteiger partial charge in [0.2, 0.25) is 0 Å². The van der Waals surface area contributed by atoms with Gasteiger partial charge in [-0.15, -0.1) is 0 Å². The standard InChI is InChI=1S/C27H27ClN2O5S/c1-16(2)35-21-7-5-6-18(14-21)15-22-25(31)30-24(19-8-10-20(28)11-9-19)23(17(3)29-27(30)36-22)26(32)34-13-12-33-4/h5-11,14-16,24H,12-13H2,1-4H3. The number of ether oxygens (including phenoxy) is 3. The van der Waals surface area contributed by atoms with Crippen LogP contribution in [0.4, 0.5) is 0 Å². The van der Waals surface area contributed by atoms with Crippen molar-refractivity contribution in [3.8, 4) is 5.75 Å². The molecule has 0 saturated heterocycles. The van der Waals surface area contributed by atoms with E-state index in [2.05, 4.69) is 4.99 Å². The molecule has 36 heavy (non-hydrogen) atoms. The summed E-state index contributed by atoms with van der Waals surface area (Å²) in [5, 5.41) is 0.555. The van der Waals surface area contributed by atoms with Crippen LogP contribution in [-0.2, 0) is 14.3 Å². The Kier molecular flexibility index (Phi) is 8.08. The Labute approximate surface area is 217 Å². The van der Waals surface area contributed by atoms with Crippen LogP contribution >= 0.6 is 22.9 Å². The fraction of sp³-hybridized carbons (Fsp3) is 0.296. The molecule has 0 amide bonds. The quantitative estimate of drug-likeness (QED) is 0.329. The maximum absolute atomic E-state index is 13.7. The van der Waals surface area contributed by atoms with Crippen molar-refractivity contribution < 1.29 is 19.0 Å². The average Bonchev–Trinajstić information content (AvgIpc) is 3.13. The first kappa shape index (κ1) is 25.9. The van der Waals surface area contributed by atoms with Gasteiger partial charge in [0.25, 0.3) is 5.56 Å². The molecule has 4 rings (SSSR count). The van der Waals surface area contributed by atoms with Crippen LogP contribution in [0.2, 0.25) is 5.02 Å². The fourth-order valence-corrected chi connectivity index (χ4v) is 5.11. The van der Waals surface area contributed by atoms with E-state index in [1.165, 1.54) is 18.4 Å². The second-order valence-corrected chi connectivity index (χ2v) is 9.95. The molecule has 188 valence electrons. The van der Waals surface area contributed by atoms with Crippen LogP contribution in [0.5, 0.6) is 5.75 Å². The van der Waals surface area contributed by atoms with Crippen molar-refractivity contribution in [1.82, 2.24) is 4.57 Å². The van der Waals surface area contributed by atoms with Crippen molar-refractivity contribution in [3.63, 3.8) is 0 Å². The summed E-state index contributed by atoms with van der Waals surface area (Å²) in [6.07, 6.45) is 1.85. The van der Waals surface area contributed by atoms with Gasteiger partial charge in [0, 0.05) is 12.1 Å². The van der Waals surface area contributed by atoms with Gasteiger partial charge in [-0.3, -0.25) is 9.36 Å². The number of rotatable bonds is 8. The summed E-state index contributed by atoms with van der Waals surface area (Å²) in [4.78, 5) is 31.9. The van der Waals surface area contributed by atoms with Crippen molar-refractivity contribution >= 4 is 35.0 Å². The molecule has 1 aliphatic rings. The molecule has 0 bridgehead atoms. The molecular weight excluding hydrogens is 500 g/mol. The van der Waals surface area contributed by atoms with Gasteiger partial charge in [0.05, 0.1) is 34.6 Å². The second kappa shape index (κ2) is 11.2. The Bertz CT molecular complexity index is 1470. The third-order valence-electron chi connectivity index (χ3n) is 5.48. The number of carbonyl (C=O) groups excluding carboxylic acids is 1. The van der Waals surface area contributed by atoms with Crippen LogP contribution in [0, 0.1) is 0 Å². The van der Waals surface area contributed by atoms with Crippen LogP contribution in [-0.4, -0.2) is 37.0 Å². The van der Waals surface area contributed by atoms with Crippen LogP contribution in [0.15, 0.2) is 69.6 Å². The molecule has 0 aliphatic carbocycles. The number of hydrogen-bond acceptors (Lipinski definition) is 7. The number of nitrogens with zero attached hydrogens (tertiary/aromatic N) is 2. The Morgan fingerprint density at radius 2 is 1.94 bits per heavy atom. The van der Waals surface area contributed by atoms with E-state index in [1.54, 1.807) is 35.8 Å². The molecule has 2 aromatic carbocycles. The van der Waals surface area contributed by atoms with Gasteiger partial charge in [-0.2, -0.15) is 0 Å². The Morgan fingerprint density at radius 3 is 2.64 bits per heavy atom. The molecule has 9 heteroatoms. The first-order chi connectivity index (χ1) is 17.3. The molecule has 0 radical (unpaired) electrons. The Balaban J connectivity index is 1.84. The van der Waals surface area contributed by atoms with E-state index < -0.39 is 12.0 Å². The second-order valence-electron chi connectivity index (χ2n) is 8.50. The van der Waals surface area contributed by atoms with E-state index in [0.717, 1.165) is 16.9 Å². The minimum atomic E-state index is -0.702. The summed E-state index contributed by atoms with van der Waals surface area (Å²) < 4.78 is 18.3. The highest BCUT2D eigenvalue weighted by atomic mass is 35.5. The van der Waals surface area contributed by atoms with E-state index >= 15 is 0 Å². The van der Waals surface area contributed by atoms with Gasteiger partial charge >= 0.3 is 5.97 Å². The van der Waals surface area contributed by atoms with Crippen molar-refractivity contribution in [3.05, 3.63) is 95.6 Å². The van der Waals surface area contributed by atoms with Crippen LogP contribution in [0.1, 0.15) is 37.9 Å². The number of halogens is 1. The lowest BCUT2D eigenvalue weighted by atomic mass is 9.96. The number of carbonyl (C=O) groups is 1. The highest BCUT2D eigenvalue weighted by Crippen LogP contribution is 2.31. The molecule has 3 aromatic rings. The third-order valence-corrected chi connectivity index (χ3v) is 6.71. The third kappa shape index (κ3) is 5.61. The normalized spacial score (nSPS) is 15.6. The molecule has 1 unspecified atom stereocenters. The largest absolute Gasteiger partial charge is 0.491 e. The van der Waals surface area contributed by atoms with Gasteiger partial charge in [0.15, 0.2) is 4.80 Å². The van der Waals surface area contributed by atoms with Gasteiger partial charge in [-0.05, 0) is 62.2 Å². The van der Waals surface area contributed by atoms with Gasteiger partial charge in [0.1, 0.15) is 12.4 Å². The number of methoxy groups -OCH3 is 1. The maximum atomic E-state index is 13.7. The molecule has 0 fully saturated rings. The number of fused-ring (bicyclic) bond motifs is 1. The van der Waals surface area contributed by atoms with Gasteiger partial charge in [-0.1, -0.05) is 47.2 Å². The number of thiazole rings is 1. The van der Waals surface area contributed by atoms with Gasteiger partial charge < -0.3 is 14.2 Å². The molecule has 1 atom stereocenters. The fourth-order valence-electron chi connectivity index (χ4n) is 3.94. The number of aromatic nitrogens is 1. The first-order valence-corrected chi connectivity index (χ1v) is 12.7. The van der Waals surface area contributed by atoms with Crippen LogP contribution in [0.25, 0.3) is 6.08 Å². The molecule has 0 N–H and O–H groups in total. The summed E-state index contributed by atoms with van der Waals surface area (Å²) in [6.45, 7) is 6.03. The average molecular weight is 527 g/mol. The monoisotopic (exact) mass is 526 g/mol. The molecule has 0 spiro atoms. The maximum Gasteiger partial charge on any atom is 0.338 e. The first-order valence-electron chi connectivity index (χ1n) is 11.5. The molecule has 7 nitrogen and oxygen atoms in total. The van der Waals surface area contributed by atoms with E-state index in [1.807, 2.05) is 44.2 Å². The SMILES string of the molecule is COCCOC(=O)C1=C(C)N=c2sc(=Cc3cccc(OC(C)C)c3)c(=O)n2C1c1ccc(Cl)cc1. The zero-order valence-corrected chi connectivity index (χ0v) is 22.1. The van der Waals surface area contributed by atoms with Crippen molar-refractivity contribution in [2.45, 2.75) is 32.9 Å². The molecule has 1 aromatic heterocycles. The van der Waals surface area contributed by atoms with E-state index in [-0.39, 0.29) is 24.9 Å². The number of benzene rings is 2. The minimum Gasteiger partial charge on any atom is -0.491 e. The molecular formula is C27H27ClN2O5S. The van der Waals surface area contributed by atoms with E-state index in [4.69, 9.17) is 25.8 Å². The highest BCUT2D eigenvalue weighted by Gasteiger charge is 2.33. The predicted octanol–water partition coefficient (Wildman–Crippen LogP) is 3.87. The minimum absolute atomic E-state index is 0.0370. The van der Waals surface area contributed by atoms with Crippen molar-refractivity contribution in [2.75, 3.05) is 20.3 Å². The zero-order chi connectivity index (χ0) is 25.8. The lowest BCUT2D eigenvalue weighted by Crippen LogP contribution is -2.40. The summed E-state index contributed by atoms with van der Waals surface area (Å²) in [5.74, 6) is 0.184. The van der Waals surface area contributed by atoms with E-state index in [9.17, 15) is 9.59 Å². The number of allylic oxidation sites excluding steroid dienone is 1. The molecule has 1 aliphatic heterocycles. The summed E-state index contributed by atoms with van der Waals surface area (Å²) >= 11 is 7.39. The number of esters is 1. The van der Waals surface area contributed by atoms with Crippen molar-refractivity contribution in [1.29, 1.82) is 0 Å². The summed E-state index contributed by atoms with van der Waals surface area (Å²) in [5.41, 5.74) is 2.12. The number of hydrogen-bond donors (Lipinski definition) is 0. The predicted molar refractivity (Wildman–Crippen MR) is 140 cm³/mol. The summed E-state index contributed by atoms with van der Waals surface area (Å²) in [7, 11) is 1.53. The van der Waals surface area contributed by atoms with Crippen LogP contribution < -0.4 is 19.6 Å². The smallest absolute Gasteiger partial charge is 0.338 e. The van der Waals surface area contributed by atoms with Crippen LogP contribution in [0.3, 0.4) is 0 Å². The Hall–Kier alpha value is -3.20. The summed E-state index contributed by atoms with van der Waals surface area (Å²) in [6, 6.07) is 13.9. The highest BCUT2D eigenvalue weighted by molar-refractivity contribution is 7.07. The van der Waals surface area contributed by atoms with Gasteiger partial charge in [-0.25, -0.2) is 9.79 Å². The molecule has 0 saturated carbocycles. The lowest BCUT2D eigenvalue weighted by Gasteiger charge is -2.24. The Morgan fingerprint density at radius 1 is 1.19 bits per heavy atom. The zero-order valence-electron chi connectivity index (χ0n) is 20.5. The molecule has 2 heterocycles.